The quantitative estimate of drug-likeness (QED) is 0.821. The molecule has 0 aromatic heterocycles. The van der Waals surface area contributed by atoms with Gasteiger partial charge in [0.1, 0.15) is 0 Å². The predicted molar refractivity (Wildman–Crippen MR) is 55.0 cm³/mol. The third-order valence-electron chi connectivity index (χ3n) is 2.12. The van der Waals surface area contributed by atoms with Crippen LogP contribution in [-0.2, 0) is 0 Å². The number of nitrogens with one attached hydrogen (secondary N) is 1. The molecule has 0 bridgehead atoms. The van der Waals surface area contributed by atoms with Crippen molar-refractivity contribution >= 4 is 5.91 Å². The fourth-order valence-electron chi connectivity index (χ4n) is 1.21. The zero-order valence-corrected chi connectivity index (χ0v) is 8.84. The first-order chi connectivity index (χ1) is 7.54. The maximum Gasteiger partial charge on any atom is 0.251 e. The first-order valence-corrected chi connectivity index (χ1v) is 4.91. The summed E-state index contributed by atoms with van der Waals surface area (Å²) in [5, 5.41) is 11.2. The maximum atomic E-state index is 12.8. The zero-order valence-electron chi connectivity index (χ0n) is 8.84. The van der Waals surface area contributed by atoms with E-state index in [0.717, 1.165) is 12.1 Å². The Morgan fingerprint density at radius 2 is 2.12 bits per heavy atom. The Hall–Kier alpha value is -1.49. The number of hydrogen-bond acceptors (Lipinski definition) is 2. The summed E-state index contributed by atoms with van der Waals surface area (Å²) < 4.78 is 25.4. The van der Waals surface area contributed by atoms with Crippen LogP contribution >= 0.6 is 0 Å². The van der Waals surface area contributed by atoms with E-state index in [1.807, 2.05) is 0 Å². The average molecular weight is 229 g/mol. The van der Waals surface area contributed by atoms with Crippen LogP contribution in [0.3, 0.4) is 0 Å². The number of hydrogen-bond donors (Lipinski definition) is 2. The number of halogens is 2. The van der Waals surface area contributed by atoms with Gasteiger partial charge >= 0.3 is 0 Å². The van der Waals surface area contributed by atoms with Crippen molar-refractivity contribution in [1.29, 1.82) is 0 Å². The maximum absolute atomic E-state index is 12.8. The van der Waals surface area contributed by atoms with Gasteiger partial charge in [0.15, 0.2) is 11.6 Å². The molecule has 88 valence electrons. The van der Waals surface area contributed by atoms with Gasteiger partial charge in [-0.25, -0.2) is 8.78 Å². The van der Waals surface area contributed by atoms with Gasteiger partial charge in [0, 0.05) is 18.2 Å². The number of carbonyl (C=O) groups is 1. The van der Waals surface area contributed by atoms with Crippen LogP contribution in [0.2, 0.25) is 0 Å². The normalized spacial score (nSPS) is 12.2. The first kappa shape index (κ1) is 12.6. The topological polar surface area (TPSA) is 49.3 Å². The van der Waals surface area contributed by atoms with Crippen LogP contribution in [-0.4, -0.2) is 23.7 Å². The highest BCUT2D eigenvalue weighted by Gasteiger charge is 2.11. The smallest absolute Gasteiger partial charge is 0.251 e. The van der Waals surface area contributed by atoms with E-state index in [9.17, 15) is 13.6 Å². The van der Waals surface area contributed by atoms with Crippen molar-refractivity contribution < 1.29 is 18.7 Å². The van der Waals surface area contributed by atoms with E-state index >= 15 is 0 Å². The third kappa shape index (κ3) is 3.27. The fraction of sp³-hybridized carbons (Fsp3) is 0.364. The van der Waals surface area contributed by atoms with Crippen molar-refractivity contribution in [3.63, 3.8) is 0 Å². The standard InChI is InChI=1S/C11H13F2NO2/c1-7(4-5-15)14-11(16)8-2-3-9(12)10(13)6-8/h2-3,6-7,15H,4-5H2,1H3,(H,14,16). The molecule has 1 aromatic carbocycles. The molecule has 0 spiro atoms. The Labute approximate surface area is 92.1 Å². The van der Waals surface area contributed by atoms with Crippen LogP contribution in [0, 0.1) is 11.6 Å². The molecule has 1 amide bonds. The lowest BCUT2D eigenvalue weighted by Crippen LogP contribution is -2.33. The van der Waals surface area contributed by atoms with Gasteiger partial charge in [0.05, 0.1) is 0 Å². The Bertz CT molecular complexity index is 382. The van der Waals surface area contributed by atoms with Gasteiger partial charge in [-0.2, -0.15) is 0 Å². The summed E-state index contributed by atoms with van der Waals surface area (Å²) >= 11 is 0. The van der Waals surface area contributed by atoms with E-state index in [-0.39, 0.29) is 18.2 Å². The van der Waals surface area contributed by atoms with Crippen molar-refractivity contribution in [1.82, 2.24) is 5.32 Å². The molecule has 0 aliphatic heterocycles. The number of benzene rings is 1. The molecule has 0 aliphatic rings. The molecular weight excluding hydrogens is 216 g/mol. The zero-order chi connectivity index (χ0) is 12.1. The Morgan fingerprint density at radius 3 is 2.69 bits per heavy atom. The molecule has 16 heavy (non-hydrogen) atoms. The Balaban J connectivity index is 2.69. The van der Waals surface area contributed by atoms with Gasteiger partial charge in [0.25, 0.3) is 5.91 Å². The SMILES string of the molecule is CC(CCO)NC(=O)c1ccc(F)c(F)c1. The van der Waals surface area contributed by atoms with Crippen LogP contribution in [0.1, 0.15) is 23.7 Å². The number of aliphatic hydroxyl groups is 1. The first-order valence-electron chi connectivity index (χ1n) is 4.91. The van der Waals surface area contributed by atoms with Crippen LogP contribution in [0.25, 0.3) is 0 Å². The number of amides is 1. The molecule has 1 atom stereocenters. The number of aliphatic hydroxyl groups excluding tert-OH is 1. The van der Waals surface area contributed by atoms with E-state index in [1.54, 1.807) is 6.92 Å². The Kier molecular flexibility index (Phi) is 4.37. The van der Waals surface area contributed by atoms with Gasteiger partial charge in [-0.05, 0) is 31.5 Å². The second-order valence-electron chi connectivity index (χ2n) is 3.52. The molecular formula is C11H13F2NO2. The van der Waals surface area contributed by atoms with Gasteiger partial charge in [0.2, 0.25) is 0 Å². The summed E-state index contributed by atoms with van der Waals surface area (Å²) in [7, 11) is 0. The number of carbonyl (C=O) groups excluding carboxylic acids is 1. The second-order valence-corrected chi connectivity index (χ2v) is 3.52. The minimum atomic E-state index is -1.05. The number of rotatable bonds is 4. The monoisotopic (exact) mass is 229 g/mol. The molecule has 0 saturated carbocycles. The average Bonchev–Trinajstić information content (AvgIpc) is 2.22. The van der Waals surface area contributed by atoms with Crippen LogP contribution < -0.4 is 5.32 Å². The third-order valence-corrected chi connectivity index (χ3v) is 2.12. The molecule has 0 saturated heterocycles. The summed E-state index contributed by atoms with van der Waals surface area (Å²) in [4.78, 5) is 11.5. The lowest BCUT2D eigenvalue weighted by Gasteiger charge is -2.12. The Morgan fingerprint density at radius 1 is 1.44 bits per heavy atom. The van der Waals surface area contributed by atoms with Crippen molar-refractivity contribution in [2.45, 2.75) is 19.4 Å². The van der Waals surface area contributed by atoms with Crippen molar-refractivity contribution in [3.05, 3.63) is 35.4 Å². The summed E-state index contributed by atoms with van der Waals surface area (Å²) in [6.07, 6.45) is 0.412. The van der Waals surface area contributed by atoms with E-state index in [4.69, 9.17) is 5.11 Å². The minimum Gasteiger partial charge on any atom is -0.396 e. The van der Waals surface area contributed by atoms with Gasteiger partial charge in [-0.3, -0.25) is 4.79 Å². The molecule has 3 nitrogen and oxygen atoms in total. The molecule has 0 fully saturated rings. The fourth-order valence-corrected chi connectivity index (χ4v) is 1.21. The van der Waals surface area contributed by atoms with Crippen LogP contribution in [0.4, 0.5) is 8.78 Å². The van der Waals surface area contributed by atoms with E-state index in [1.165, 1.54) is 6.07 Å². The minimum absolute atomic E-state index is 0.0424. The van der Waals surface area contributed by atoms with E-state index in [2.05, 4.69) is 5.32 Å². The highest BCUT2D eigenvalue weighted by molar-refractivity contribution is 5.94. The summed E-state index contributed by atoms with van der Waals surface area (Å²) in [5.41, 5.74) is 0.0590. The second kappa shape index (κ2) is 5.55. The van der Waals surface area contributed by atoms with E-state index in [0.29, 0.717) is 6.42 Å². The highest BCUT2D eigenvalue weighted by atomic mass is 19.2. The van der Waals surface area contributed by atoms with Crippen molar-refractivity contribution in [2.24, 2.45) is 0 Å². The molecule has 5 heteroatoms. The van der Waals surface area contributed by atoms with Crippen LogP contribution in [0.5, 0.6) is 0 Å². The van der Waals surface area contributed by atoms with Crippen molar-refractivity contribution in [3.8, 4) is 0 Å². The molecule has 1 unspecified atom stereocenters. The molecule has 0 radical (unpaired) electrons. The largest absolute Gasteiger partial charge is 0.396 e. The summed E-state index contributed by atoms with van der Waals surface area (Å²) in [5.74, 6) is -2.53. The van der Waals surface area contributed by atoms with Gasteiger partial charge < -0.3 is 10.4 Å². The van der Waals surface area contributed by atoms with E-state index < -0.39 is 17.5 Å². The summed E-state index contributed by atoms with van der Waals surface area (Å²) in [6, 6.07) is 2.74. The summed E-state index contributed by atoms with van der Waals surface area (Å²) in [6.45, 7) is 1.67. The molecule has 1 aromatic rings. The predicted octanol–water partition coefficient (Wildman–Crippen LogP) is 1.47. The lowest BCUT2D eigenvalue weighted by atomic mass is 10.1. The highest BCUT2D eigenvalue weighted by Crippen LogP contribution is 2.08. The van der Waals surface area contributed by atoms with Gasteiger partial charge in [-0.15, -0.1) is 0 Å². The lowest BCUT2D eigenvalue weighted by molar-refractivity contribution is 0.0934. The van der Waals surface area contributed by atoms with Gasteiger partial charge in [-0.1, -0.05) is 0 Å². The van der Waals surface area contributed by atoms with Crippen LogP contribution in [0.15, 0.2) is 18.2 Å². The van der Waals surface area contributed by atoms with Crippen molar-refractivity contribution in [2.75, 3.05) is 6.61 Å². The molecule has 0 aliphatic carbocycles. The molecule has 2 N–H and O–H groups in total. The molecule has 0 heterocycles. The molecule has 1 rings (SSSR count).